The van der Waals surface area contributed by atoms with Crippen molar-refractivity contribution in [1.82, 2.24) is 4.90 Å². The lowest BCUT2D eigenvalue weighted by molar-refractivity contribution is -0.142. The number of piperidine rings is 1. The van der Waals surface area contributed by atoms with Crippen LogP contribution in [0.3, 0.4) is 0 Å². The van der Waals surface area contributed by atoms with Gasteiger partial charge in [0.2, 0.25) is 11.8 Å². The second-order valence-corrected chi connectivity index (χ2v) is 6.61. The predicted molar refractivity (Wildman–Crippen MR) is 95.5 cm³/mol. The first-order valence-corrected chi connectivity index (χ1v) is 9.02. The summed E-state index contributed by atoms with van der Waals surface area (Å²) < 4.78 is 0. The van der Waals surface area contributed by atoms with Crippen molar-refractivity contribution in [3.05, 3.63) is 42.1 Å². The first kappa shape index (κ1) is 16.7. The second kappa shape index (κ2) is 6.80. The summed E-state index contributed by atoms with van der Waals surface area (Å²) in [6.07, 6.45) is 5.96. The first-order valence-electron chi connectivity index (χ1n) is 9.02. The van der Waals surface area contributed by atoms with Crippen LogP contribution in [-0.4, -0.2) is 29.8 Å². The molecule has 1 aromatic rings. The summed E-state index contributed by atoms with van der Waals surface area (Å²) in [7, 11) is 0. The molecule has 1 aliphatic carbocycles. The second-order valence-electron chi connectivity index (χ2n) is 6.61. The molecule has 4 heteroatoms. The minimum absolute atomic E-state index is 0.0947. The van der Waals surface area contributed by atoms with Crippen LogP contribution in [0, 0.1) is 5.41 Å². The molecule has 4 nitrogen and oxygen atoms in total. The van der Waals surface area contributed by atoms with Gasteiger partial charge in [0.05, 0.1) is 5.41 Å². The molecule has 0 spiro atoms. The Hall–Kier alpha value is -2.10. The van der Waals surface area contributed by atoms with Crippen molar-refractivity contribution >= 4 is 17.5 Å². The van der Waals surface area contributed by atoms with Crippen LogP contribution < -0.4 is 4.90 Å². The molecular weight excluding hydrogens is 300 g/mol. The van der Waals surface area contributed by atoms with Crippen LogP contribution in [0.1, 0.15) is 46.0 Å². The van der Waals surface area contributed by atoms with Crippen LogP contribution >= 0.6 is 0 Å². The summed E-state index contributed by atoms with van der Waals surface area (Å²) >= 11 is 0. The molecule has 1 aromatic carbocycles. The highest BCUT2D eigenvalue weighted by molar-refractivity contribution is 6.02. The molecule has 2 amide bonds. The molecule has 1 heterocycles. The molecule has 2 aliphatic rings. The van der Waals surface area contributed by atoms with Crippen molar-refractivity contribution in [3.8, 4) is 0 Å². The molecule has 0 saturated carbocycles. The molecule has 1 fully saturated rings. The molecule has 0 bridgehead atoms. The summed E-state index contributed by atoms with van der Waals surface area (Å²) in [6.45, 7) is 5.47. The van der Waals surface area contributed by atoms with Crippen molar-refractivity contribution < 1.29 is 9.59 Å². The van der Waals surface area contributed by atoms with Gasteiger partial charge in [0.15, 0.2) is 0 Å². The molecule has 24 heavy (non-hydrogen) atoms. The zero-order valence-corrected chi connectivity index (χ0v) is 14.6. The molecule has 1 unspecified atom stereocenters. The van der Waals surface area contributed by atoms with Gasteiger partial charge in [0.1, 0.15) is 0 Å². The van der Waals surface area contributed by atoms with Gasteiger partial charge in [-0.05, 0) is 51.7 Å². The maximum atomic E-state index is 13.3. The van der Waals surface area contributed by atoms with E-state index in [1.54, 1.807) is 4.90 Å². The number of fused-ring (bicyclic) bond motifs is 1. The monoisotopic (exact) mass is 326 g/mol. The molecule has 0 radical (unpaired) electrons. The van der Waals surface area contributed by atoms with Crippen LogP contribution in [0.15, 0.2) is 42.1 Å². The highest BCUT2D eigenvalue weighted by Gasteiger charge is 2.51. The van der Waals surface area contributed by atoms with Gasteiger partial charge < -0.3 is 4.90 Å². The van der Waals surface area contributed by atoms with Crippen LogP contribution in [0.2, 0.25) is 0 Å². The number of carbonyl (C=O) groups is 2. The number of benzene rings is 1. The van der Waals surface area contributed by atoms with E-state index in [1.807, 2.05) is 49.1 Å². The van der Waals surface area contributed by atoms with Crippen LogP contribution in [0.25, 0.3) is 0 Å². The summed E-state index contributed by atoms with van der Waals surface area (Å²) in [5.41, 5.74) is 1.24. The van der Waals surface area contributed by atoms with Crippen molar-refractivity contribution in [2.45, 2.75) is 46.0 Å². The summed E-state index contributed by atoms with van der Waals surface area (Å²) in [5.74, 6) is 0.282. The number of amides is 2. The van der Waals surface area contributed by atoms with Crippen LogP contribution in [0.4, 0.5) is 5.69 Å². The van der Waals surface area contributed by atoms with E-state index in [2.05, 4.69) is 6.08 Å². The van der Waals surface area contributed by atoms with E-state index in [9.17, 15) is 9.59 Å². The van der Waals surface area contributed by atoms with Gasteiger partial charge in [0.25, 0.3) is 0 Å². The maximum absolute atomic E-state index is 13.3. The minimum atomic E-state index is -0.534. The molecular formula is C20H26N2O2. The van der Waals surface area contributed by atoms with Crippen LogP contribution in [0.5, 0.6) is 0 Å². The molecule has 3 rings (SSSR count). The summed E-state index contributed by atoms with van der Waals surface area (Å²) in [6, 6.07) is 9.72. The zero-order chi connectivity index (χ0) is 17.2. The standard InChI is InChI=1S/C20H26N2O2/c1-3-21(4-2)19(24)20-14-9-8-12-17(20)22(18(23)13-15-20)16-10-6-5-7-11-16/h5-7,10-12H,3-4,8-9,13-15H2,1-2H3. The Morgan fingerprint density at radius 3 is 2.54 bits per heavy atom. The normalized spacial score (nSPS) is 23.5. The molecule has 1 atom stereocenters. The quantitative estimate of drug-likeness (QED) is 0.846. The Morgan fingerprint density at radius 2 is 1.88 bits per heavy atom. The lowest BCUT2D eigenvalue weighted by atomic mass is 9.68. The smallest absolute Gasteiger partial charge is 0.234 e. The van der Waals surface area contributed by atoms with Crippen molar-refractivity contribution in [2.75, 3.05) is 18.0 Å². The Kier molecular flexibility index (Phi) is 4.74. The van der Waals surface area contributed by atoms with Gasteiger partial charge >= 0.3 is 0 Å². The third-order valence-corrected chi connectivity index (χ3v) is 5.37. The Labute approximate surface area is 144 Å². The molecule has 1 saturated heterocycles. The fraction of sp³-hybridized carbons (Fsp3) is 0.500. The topological polar surface area (TPSA) is 40.6 Å². The first-order chi connectivity index (χ1) is 11.6. The third-order valence-electron chi connectivity index (χ3n) is 5.37. The highest BCUT2D eigenvalue weighted by Crippen LogP contribution is 2.49. The highest BCUT2D eigenvalue weighted by atomic mass is 16.2. The number of rotatable bonds is 4. The fourth-order valence-electron chi connectivity index (χ4n) is 4.09. The minimum Gasteiger partial charge on any atom is -0.342 e. The van der Waals surface area contributed by atoms with E-state index in [4.69, 9.17) is 0 Å². The van der Waals surface area contributed by atoms with E-state index in [0.717, 1.165) is 30.6 Å². The SMILES string of the molecule is CCN(CC)C(=O)C12CCCC=C1N(c1ccccc1)C(=O)CC2. The lowest BCUT2D eigenvalue weighted by Crippen LogP contribution is -2.54. The van der Waals surface area contributed by atoms with E-state index in [1.165, 1.54) is 0 Å². The largest absolute Gasteiger partial charge is 0.342 e. The van der Waals surface area contributed by atoms with Crippen molar-refractivity contribution in [3.63, 3.8) is 0 Å². The molecule has 1 aliphatic heterocycles. The summed E-state index contributed by atoms with van der Waals surface area (Å²) in [5, 5.41) is 0. The fourth-order valence-corrected chi connectivity index (χ4v) is 4.09. The van der Waals surface area contributed by atoms with Gasteiger partial charge in [0, 0.05) is 30.9 Å². The average Bonchev–Trinajstić information content (AvgIpc) is 2.63. The van der Waals surface area contributed by atoms with E-state index >= 15 is 0 Å². The van der Waals surface area contributed by atoms with E-state index < -0.39 is 5.41 Å². The average molecular weight is 326 g/mol. The Balaban J connectivity index is 2.06. The van der Waals surface area contributed by atoms with Gasteiger partial charge in [-0.2, -0.15) is 0 Å². The number of para-hydroxylation sites is 1. The zero-order valence-electron chi connectivity index (χ0n) is 14.6. The number of nitrogens with zero attached hydrogens (tertiary/aromatic N) is 2. The lowest BCUT2D eigenvalue weighted by Gasteiger charge is -2.47. The number of hydrogen-bond donors (Lipinski definition) is 0. The number of allylic oxidation sites excluding steroid dienone is 1. The summed E-state index contributed by atoms with van der Waals surface area (Å²) in [4.78, 5) is 29.7. The number of hydrogen-bond acceptors (Lipinski definition) is 2. The Morgan fingerprint density at radius 1 is 1.17 bits per heavy atom. The van der Waals surface area contributed by atoms with Gasteiger partial charge in [-0.1, -0.05) is 24.3 Å². The van der Waals surface area contributed by atoms with Gasteiger partial charge in [-0.3, -0.25) is 14.5 Å². The number of carbonyl (C=O) groups excluding carboxylic acids is 2. The third kappa shape index (κ3) is 2.64. The maximum Gasteiger partial charge on any atom is 0.234 e. The predicted octanol–water partition coefficient (Wildman–Crippen LogP) is 3.74. The number of anilines is 1. The molecule has 0 N–H and O–H groups in total. The van der Waals surface area contributed by atoms with Gasteiger partial charge in [-0.25, -0.2) is 0 Å². The van der Waals surface area contributed by atoms with Crippen molar-refractivity contribution in [1.29, 1.82) is 0 Å². The van der Waals surface area contributed by atoms with E-state index in [-0.39, 0.29) is 11.8 Å². The van der Waals surface area contributed by atoms with E-state index in [0.29, 0.717) is 25.9 Å². The molecule has 0 aromatic heterocycles. The Bertz CT molecular complexity index is 649. The molecule has 128 valence electrons. The van der Waals surface area contributed by atoms with Crippen LogP contribution in [-0.2, 0) is 9.59 Å². The van der Waals surface area contributed by atoms with Crippen molar-refractivity contribution in [2.24, 2.45) is 5.41 Å². The van der Waals surface area contributed by atoms with Gasteiger partial charge in [-0.15, -0.1) is 0 Å².